The van der Waals surface area contributed by atoms with Gasteiger partial charge in [-0.25, -0.2) is 63.6 Å². The summed E-state index contributed by atoms with van der Waals surface area (Å²) in [5, 5.41) is 141. The molecule has 52 heteroatoms. The Kier molecular flexibility index (Phi) is 30.9. The molecule has 0 bridgehead atoms. The number of benzene rings is 6. The van der Waals surface area contributed by atoms with Crippen molar-refractivity contribution in [3.8, 4) is 11.1 Å². The van der Waals surface area contributed by atoms with E-state index in [0.717, 1.165) is 77.9 Å². The number of rotatable bonds is 41. The molecule has 8 aromatic rings. The van der Waals surface area contributed by atoms with Crippen LogP contribution in [0.15, 0.2) is 169 Å². The zero-order chi connectivity index (χ0) is 90.3. The predicted molar refractivity (Wildman–Crippen MR) is 436 cm³/mol. The van der Waals surface area contributed by atoms with Gasteiger partial charge in [0.1, 0.15) is 9.79 Å². The van der Waals surface area contributed by atoms with Crippen LogP contribution in [0, 0.1) is 71.0 Å². The minimum atomic E-state index is -5.52. The Morgan fingerprint density at radius 2 is 0.500 bits per heavy atom. The number of aryl methyl sites for hydroxylation is 4. The van der Waals surface area contributed by atoms with E-state index in [1.165, 1.54) is 76.2 Å². The Labute approximate surface area is 695 Å². The topological polar surface area (TPSA) is 785 Å². The van der Waals surface area contributed by atoms with Gasteiger partial charge in [0, 0.05) is 102 Å². The molecule has 8 rings (SSSR count). The third kappa shape index (κ3) is 25.7. The van der Waals surface area contributed by atoms with E-state index in [1.807, 2.05) is 0 Å². The molecule has 0 amide bonds. The minimum Gasteiger partial charge on any atom is -0.862 e. The highest BCUT2D eigenvalue weighted by Gasteiger charge is 2.31. The summed E-state index contributed by atoms with van der Waals surface area (Å²) >= 11 is 0. The number of sulfonamides is 4. The van der Waals surface area contributed by atoms with Gasteiger partial charge in [0.25, 0.3) is 20.2 Å². The normalized spacial score (nSPS) is 13.2. The third-order valence-electron chi connectivity index (χ3n) is 17.6. The van der Waals surface area contributed by atoms with Crippen LogP contribution < -0.4 is 43.9 Å². The summed E-state index contributed by atoms with van der Waals surface area (Å²) in [6.45, 7) is 2.21. The molecule has 6 aromatic carbocycles. The monoisotopic (exact) mass is 1800 g/mol. The van der Waals surface area contributed by atoms with Gasteiger partial charge in [-0.2, -0.15) is 34.1 Å². The predicted octanol–water partition coefficient (Wildman–Crippen LogP) is 3.41. The maximum atomic E-state index is 14.2. The highest BCUT2D eigenvalue weighted by molar-refractivity contribution is 7.90. The molecule has 0 spiro atoms. The van der Waals surface area contributed by atoms with Crippen LogP contribution >= 0.6 is 0 Å². The fraction of sp³-hybridized carbons (Fsp3) is 0.286. The van der Waals surface area contributed by atoms with E-state index in [2.05, 4.69) is 59.9 Å². The van der Waals surface area contributed by atoms with E-state index in [0.29, 0.717) is 22.3 Å². The van der Waals surface area contributed by atoms with Crippen molar-refractivity contribution in [3.63, 3.8) is 0 Å². The van der Waals surface area contributed by atoms with E-state index in [4.69, 9.17) is 43.3 Å². The summed E-state index contributed by atoms with van der Waals surface area (Å²) in [6.07, 6.45) is -3.91. The first-order chi connectivity index (χ1) is 56.9. The summed E-state index contributed by atoms with van der Waals surface area (Å²) in [6, 6.07) is 20.3. The number of aliphatic hydroxyl groups excluding tert-OH is 6. The first-order valence-electron chi connectivity index (χ1n) is 35.8. The van der Waals surface area contributed by atoms with Gasteiger partial charge in [-0.15, -0.1) is 0 Å². The van der Waals surface area contributed by atoms with Crippen LogP contribution in [0.2, 0.25) is 0 Å². The average molecular weight is 1810 g/mol. The molecule has 654 valence electrons. The number of H-pyrrole nitrogens is 6. The number of aliphatic hydroxyl groups is 6. The summed E-state index contributed by atoms with van der Waals surface area (Å²) in [4.78, 5) is 40.4. The van der Waals surface area contributed by atoms with E-state index in [1.54, 1.807) is 0 Å². The maximum absolute atomic E-state index is 14.2. The molecular weight excluding hydrogens is 1720 g/mol. The molecule has 0 aliphatic heterocycles. The van der Waals surface area contributed by atoms with Crippen molar-refractivity contribution in [2.24, 2.45) is 30.0 Å². The largest absolute Gasteiger partial charge is 0.862 e. The SMILES string of the molecule is Cc1ccc(S(=O)(=O)N(CCC(=N)[O-])CCC(=N)[O-])cc1N=c1[nH]c(=Nc2ccc(-c3ccc(N=c4[nH]c(=Nc5cc(S(=O)(=O)N(CCC(=N)O)CCC(=N)O)ccc5C)[nH]c(=Nc5cc(S(=O)(=O)N(CCC(=N)O)CCC(=N)O)ccc5C)[nH]4)cc3S(=O)(=O)O)c(S(=O)(=O)O)c2)[nH]c(=Nc2cc(S(=O)(=O)N(CCC(=N)O)CCC(=N)O)ccc2C)[nH]1. The number of aromatic nitrogens is 6. The number of hydrogen-bond acceptors (Lipinski definition) is 28. The van der Waals surface area contributed by atoms with Gasteiger partial charge < -0.3 is 51.7 Å². The molecule has 0 radical (unpaired) electrons. The van der Waals surface area contributed by atoms with Gasteiger partial charge in [0.05, 0.1) is 53.7 Å². The van der Waals surface area contributed by atoms with Crippen molar-refractivity contribution in [2.45, 2.75) is 108 Å². The quantitative estimate of drug-likeness (QED) is 0.0148. The van der Waals surface area contributed by atoms with Crippen molar-refractivity contribution >= 4 is 142 Å². The second-order valence-electron chi connectivity index (χ2n) is 26.8. The summed E-state index contributed by atoms with van der Waals surface area (Å²) < 4.78 is 194. The molecule has 0 aliphatic carbocycles. The fourth-order valence-electron chi connectivity index (χ4n) is 11.3. The molecular formula is C70H84N24O22S6-2. The summed E-state index contributed by atoms with van der Waals surface area (Å²) in [5.74, 6) is -7.48. The van der Waals surface area contributed by atoms with Gasteiger partial charge in [-0.05, 0) is 147 Å². The second-order valence-corrected chi connectivity index (χ2v) is 37.3. The Morgan fingerprint density at radius 3 is 0.689 bits per heavy atom. The fourth-order valence-corrected chi connectivity index (χ4v) is 18.6. The van der Waals surface area contributed by atoms with Gasteiger partial charge in [-0.1, -0.05) is 36.4 Å². The lowest BCUT2D eigenvalue weighted by molar-refractivity contribution is -0.220. The van der Waals surface area contributed by atoms with E-state index < -0.39 is 263 Å². The molecule has 2 heterocycles. The van der Waals surface area contributed by atoms with Crippen LogP contribution in [0.1, 0.15) is 73.6 Å². The number of nitrogens with one attached hydrogen (secondary N) is 14. The summed E-state index contributed by atoms with van der Waals surface area (Å²) in [5.41, 5.74) is -3.39. The molecule has 0 atom stereocenters. The zero-order valence-corrected chi connectivity index (χ0v) is 69.8. The molecule has 122 heavy (non-hydrogen) atoms. The first-order valence-corrected chi connectivity index (χ1v) is 44.4. The lowest BCUT2D eigenvalue weighted by atomic mass is 10.0. The third-order valence-corrected chi connectivity index (χ3v) is 27.0. The Balaban J connectivity index is 1.35. The van der Waals surface area contributed by atoms with Crippen LogP contribution in [0.5, 0.6) is 0 Å². The lowest BCUT2D eigenvalue weighted by Gasteiger charge is -2.24. The van der Waals surface area contributed by atoms with Gasteiger partial charge >= 0.3 is 0 Å². The zero-order valence-electron chi connectivity index (χ0n) is 64.9. The molecule has 0 unspecified atom stereocenters. The molecule has 2 aromatic heterocycles. The van der Waals surface area contributed by atoms with Crippen molar-refractivity contribution < 1.29 is 100 Å². The minimum absolute atomic E-state index is 0.0879. The molecule has 22 N–H and O–H groups in total. The molecule has 0 fully saturated rings. The number of aromatic amines is 6. The first kappa shape index (κ1) is 94.8. The smallest absolute Gasteiger partial charge is 0.295 e. The van der Waals surface area contributed by atoms with Crippen LogP contribution in [-0.2, 0) is 60.3 Å². The summed E-state index contributed by atoms with van der Waals surface area (Å²) in [7, 11) is -29.4. The Bertz CT molecular complexity index is 5940. The number of hydrogen-bond donors (Lipinski definition) is 22. The van der Waals surface area contributed by atoms with Gasteiger partial charge in [0.2, 0.25) is 73.8 Å². The van der Waals surface area contributed by atoms with Crippen LogP contribution in [0.25, 0.3) is 11.1 Å². The second kappa shape index (κ2) is 39.7. The van der Waals surface area contributed by atoms with Crippen LogP contribution in [0.3, 0.4) is 0 Å². The van der Waals surface area contributed by atoms with E-state index >= 15 is 0 Å². The highest BCUT2D eigenvalue weighted by Crippen LogP contribution is 2.38. The Morgan fingerprint density at radius 1 is 0.303 bits per heavy atom. The molecule has 0 saturated carbocycles. The number of nitrogens with zero attached hydrogens (tertiary/aromatic N) is 10. The molecule has 46 nitrogen and oxygen atoms in total. The van der Waals surface area contributed by atoms with Crippen LogP contribution in [0.4, 0.5) is 34.1 Å². The average Bonchev–Trinajstić information content (AvgIpc) is 0.764. The van der Waals surface area contributed by atoms with Crippen molar-refractivity contribution in [1.82, 2.24) is 47.1 Å². The van der Waals surface area contributed by atoms with Crippen molar-refractivity contribution in [3.05, 3.63) is 165 Å². The van der Waals surface area contributed by atoms with Crippen molar-refractivity contribution in [1.29, 1.82) is 43.3 Å². The maximum Gasteiger partial charge on any atom is 0.295 e. The lowest BCUT2D eigenvalue weighted by Crippen LogP contribution is -2.37. The standard InChI is InChI=1S/C70H86N24O22S6/c1-39-5-11-45(117(103,104)91(25-17-57(71)95)26-18-58(72)96)35-51(39)81-67-85-65(86-68(89-67)82-52-36-46(12-6-40(52)2)118(105,106)92(27-19-59(73)97)28-20-60(74)98)79-43-9-15-49(55(33-43)121(111,112)113)50-16-10-44(34-56(50)122(114,115)116)80-66-87-69(83-53-37-47(13-7-41(53)3)119(107,108)93(29-21-61(75)99)30-22-62(76)100)90-70(88-66)84-54-38-48(14-8-42(54)4)120(109,110)94(31-23-63(77)101)32-24-64(78)102/h5-16,33-38H,17-32H2,1-4H3,(H2,71,95)(H2,72,96)(H2,73,97)(H2,74,98)(H2,75,99)(H2,76,100)(H2,77,101)(H2,78,102)(H,111,112,113)(H,114,115,116)(H3,79,81,82,85,86,89)(H3,80,83,84,87,88,90)/p-2. The Hall–Kier alpha value is -12.6. The van der Waals surface area contributed by atoms with Crippen molar-refractivity contribution in [2.75, 3.05) is 52.4 Å². The molecule has 0 saturated heterocycles. The van der Waals surface area contributed by atoms with Crippen LogP contribution in [-0.4, -0.2) is 237 Å². The highest BCUT2D eigenvalue weighted by atomic mass is 32.2. The molecule has 0 aliphatic rings. The van der Waals surface area contributed by atoms with E-state index in [9.17, 15) is 100 Å². The van der Waals surface area contributed by atoms with E-state index in [-0.39, 0.29) is 56.6 Å². The van der Waals surface area contributed by atoms with Gasteiger partial charge in [-0.3, -0.25) is 71.5 Å². The van der Waals surface area contributed by atoms with Gasteiger partial charge in [0.15, 0.2) is 35.4 Å².